The molecule has 3 nitrogen and oxygen atoms in total. The first-order valence-electron chi connectivity index (χ1n) is 20.7. The Hall–Kier alpha value is -7.66. The molecule has 0 atom stereocenters. The van der Waals surface area contributed by atoms with Crippen LogP contribution in [0.4, 0.5) is 17.1 Å². The summed E-state index contributed by atoms with van der Waals surface area (Å²) in [5.41, 5.74) is 10.7. The Bertz CT molecular complexity index is 3930. The Labute approximate surface area is 350 Å². The van der Waals surface area contributed by atoms with E-state index >= 15 is 0 Å². The summed E-state index contributed by atoms with van der Waals surface area (Å²) in [6.45, 7) is 0. The molecular weight excluding hydrogens is 751 g/mol. The van der Waals surface area contributed by atoms with Crippen molar-refractivity contribution in [1.29, 1.82) is 0 Å². The van der Waals surface area contributed by atoms with Crippen LogP contribution in [-0.2, 0) is 0 Å². The summed E-state index contributed by atoms with van der Waals surface area (Å²) in [6.07, 6.45) is 0. The van der Waals surface area contributed by atoms with Crippen LogP contribution in [0.1, 0.15) is 1.37 Å². The Morgan fingerprint density at radius 1 is 0.417 bits per heavy atom. The minimum absolute atomic E-state index is 0.450. The monoisotopic (exact) mass is 784 g/mol. The third-order valence-electron chi connectivity index (χ3n) is 12.2. The number of fused-ring (bicyclic) bond motifs is 12. The fourth-order valence-electron chi connectivity index (χ4n) is 9.52. The van der Waals surface area contributed by atoms with Gasteiger partial charge in [0, 0.05) is 58.5 Å². The molecule has 10 aromatic carbocycles. The topological polar surface area (TPSA) is 29.5 Å². The first kappa shape index (κ1) is 32.3. The number of benzene rings is 10. The summed E-state index contributed by atoms with van der Waals surface area (Å²) >= 11 is 1.82. The highest BCUT2D eigenvalue weighted by Crippen LogP contribution is 2.51. The van der Waals surface area contributed by atoms with Gasteiger partial charge in [-0.2, -0.15) is 0 Å². The molecule has 0 spiro atoms. The molecule has 0 radical (unpaired) electrons. The largest absolute Gasteiger partial charge is 0.456 e. The number of anilines is 3. The highest BCUT2D eigenvalue weighted by Gasteiger charge is 2.26. The van der Waals surface area contributed by atoms with Crippen molar-refractivity contribution in [2.75, 3.05) is 4.90 Å². The molecule has 13 aromatic rings. The average molecular weight is 785 g/mol. The van der Waals surface area contributed by atoms with Gasteiger partial charge in [0.15, 0.2) is 0 Å². The summed E-state index contributed by atoms with van der Waals surface area (Å²) < 4.78 is 24.3. The fourth-order valence-corrected chi connectivity index (χ4v) is 10.6. The van der Waals surface area contributed by atoms with E-state index in [4.69, 9.17) is 10.2 Å². The van der Waals surface area contributed by atoms with Crippen molar-refractivity contribution >= 4 is 114 Å². The number of thiophene rings is 1. The minimum atomic E-state index is 0.450. The Morgan fingerprint density at radius 3 is 2.08 bits per heavy atom. The molecule has 0 bridgehead atoms. The normalized spacial score (nSPS) is 12.2. The van der Waals surface area contributed by atoms with Gasteiger partial charge in [-0.3, -0.25) is 0 Å². The molecule has 0 N–H and O–H groups in total. The molecule has 280 valence electrons. The third-order valence-corrected chi connectivity index (χ3v) is 13.3. The van der Waals surface area contributed by atoms with E-state index in [0.29, 0.717) is 6.04 Å². The molecule has 0 unspecified atom stereocenters. The Kier molecular flexibility index (Phi) is 6.96. The summed E-state index contributed by atoms with van der Waals surface area (Å²) in [4.78, 5) is 2.44. The Morgan fingerprint density at radius 2 is 1.13 bits per heavy atom. The lowest BCUT2D eigenvalue weighted by molar-refractivity contribution is 0.669. The number of rotatable bonds is 5. The van der Waals surface area contributed by atoms with Crippen LogP contribution in [0.5, 0.6) is 0 Å². The van der Waals surface area contributed by atoms with Crippen LogP contribution < -0.4 is 4.90 Å². The van der Waals surface area contributed by atoms with Crippen LogP contribution in [0.2, 0.25) is 0 Å². The molecule has 4 heteroatoms. The van der Waals surface area contributed by atoms with E-state index in [1.807, 2.05) is 23.5 Å². The summed E-state index contributed by atoms with van der Waals surface area (Å²) in [5.74, 6) is 0. The van der Waals surface area contributed by atoms with Crippen LogP contribution in [0.3, 0.4) is 0 Å². The van der Waals surface area contributed by atoms with Gasteiger partial charge in [0.2, 0.25) is 0 Å². The van der Waals surface area contributed by atoms with Crippen molar-refractivity contribution in [1.82, 2.24) is 0 Å². The first-order valence-corrected chi connectivity index (χ1v) is 21.1. The fraction of sp³-hybridized carbons (Fsp3) is 0. The molecule has 0 fully saturated rings. The van der Waals surface area contributed by atoms with E-state index in [0.717, 1.165) is 83.2 Å². The predicted molar refractivity (Wildman–Crippen MR) is 254 cm³/mol. The van der Waals surface area contributed by atoms with E-state index < -0.39 is 0 Å². The summed E-state index contributed by atoms with van der Waals surface area (Å²) in [6, 6.07) is 69.4. The Balaban J connectivity index is 1.16. The summed E-state index contributed by atoms with van der Waals surface area (Å²) in [5, 5.41) is 11.3. The maximum Gasteiger partial charge on any atom is 0.143 e. The van der Waals surface area contributed by atoms with Crippen LogP contribution in [0.25, 0.3) is 108 Å². The standard InChI is InChI=1S/C56H33NO2S/c1-2-14-36-32-37(27-26-34(36)12-1)53-41(42-19-9-20-44-54-39-15-4-3-13-35(39)28-30-50(54)59-56(42)44)18-10-21-46(53)57(38-29-31-49-45(33-38)40-16-5-7-23-48(40)58-49)47-22-11-25-52-55(47)43-17-6-8-24-51(43)60-52/h1-33H/i5D. The molecular formula is C56H33NO2S. The van der Waals surface area contributed by atoms with Crippen LogP contribution in [-0.4, -0.2) is 0 Å². The number of nitrogens with zero attached hydrogens (tertiary/aromatic N) is 1. The van der Waals surface area contributed by atoms with E-state index in [1.165, 1.54) is 41.7 Å². The smallest absolute Gasteiger partial charge is 0.143 e. The molecule has 0 aliphatic rings. The average Bonchev–Trinajstić information content (AvgIpc) is 4.00. The van der Waals surface area contributed by atoms with Crippen molar-refractivity contribution < 1.29 is 10.2 Å². The number of para-hydroxylation sites is 2. The maximum absolute atomic E-state index is 8.51. The maximum atomic E-state index is 8.51. The predicted octanol–water partition coefficient (Wildman–Crippen LogP) is 17.0. The van der Waals surface area contributed by atoms with Gasteiger partial charge in [0.1, 0.15) is 22.3 Å². The van der Waals surface area contributed by atoms with E-state index in [1.54, 1.807) is 6.07 Å². The van der Waals surface area contributed by atoms with E-state index in [-0.39, 0.29) is 0 Å². The van der Waals surface area contributed by atoms with Crippen molar-refractivity contribution in [2.24, 2.45) is 0 Å². The molecule has 60 heavy (non-hydrogen) atoms. The van der Waals surface area contributed by atoms with Gasteiger partial charge in [-0.25, -0.2) is 0 Å². The molecule has 13 rings (SSSR count). The minimum Gasteiger partial charge on any atom is -0.456 e. The van der Waals surface area contributed by atoms with Gasteiger partial charge in [0.05, 0.1) is 12.7 Å². The molecule has 0 amide bonds. The zero-order chi connectivity index (χ0) is 40.2. The third kappa shape index (κ3) is 4.95. The summed E-state index contributed by atoms with van der Waals surface area (Å²) in [7, 11) is 0. The lowest BCUT2D eigenvalue weighted by atomic mass is 9.90. The van der Waals surface area contributed by atoms with Gasteiger partial charge < -0.3 is 13.7 Å². The van der Waals surface area contributed by atoms with Gasteiger partial charge in [-0.05, 0) is 93.3 Å². The molecule has 0 aliphatic heterocycles. The highest BCUT2D eigenvalue weighted by molar-refractivity contribution is 7.26. The highest BCUT2D eigenvalue weighted by atomic mass is 32.1. The molecule has 0 aliphatic carbocycles. The van der Waals surface area contributed by atoms with Crippen molar-refractivity contribution in [3.8, 4) is 22.3 Å². The number of hydrogen-bond donors (Lipinski definition) is 0. The van der Waals surface area contributed by atoms with Gasteiger partial charge >= 0.3 is 0 Å². The lowest BCUT2D eigenvalue weighted by Crippen LogP contribution is -2.12. The number of hydrogen-bond acceptors (Lipinski definition) is 4. The van der Waals surface area contributed by atoms with Crippen molar-refractivity contribution in [3.05, 3.63) is 200 Å². The van der Waals surface area contributed by atoms with Gasteiger partial charge in [-0.15, -0.1) is 11.3 Å². The second kappa shape index (κ2) is 12.9. The quantitative estimate of drug-likeness (QED) is 0.174. The van der Waals surface area contributed by atoms with Crippen molar-refractivity contribution in [2.45, 2.75) is 0 Å². The molecule has 0 saturated heterocycles. The lowest BCUT2D eigenvalue weighted by Gasteiger charge is -2.30. The number of furan rings is 2. The van der Waals surface area contributed by atoms with Crippen LogP contribution in [0, 0.1) is 0 Å². The SMILES string of the molecule is [2H]c1ccc2oc3ccc(N(c4cccc(-c5cccc6c5oc5ccc7ccccc7c56)c4-c4ccc5ccccc5c4)c4cccc5sc6ccccc6c45)cc3c2c1. The van der Waals surface area contributed by atoms with Gasteiger partial charge in [0.25, 0.3) is 0 Å². The molecule has 0 saturated carbocycles. The van der Waals surface area contributed by atoms with Crippen molar-refractivity contribution in [3.63, 3.8) is 0 Å². The van der Waals surface area contributed by atoms with Crippen LogP contribution >= 0.6 is 11.3 Å². The second-order valence-electron chi connectivity index (χ2n) is 15.5. The molecule has 3 heterocycles. The van der Waals surface area contributed by atoms with Crippen LogP contribution in [0.15, 0.2) is 209 Å². The first-order chi connectivity index (χ1) is 30.1. The van der Waals surface area contributed by atoms with Gasteiger partial charge in [-0.1, -0.05) is 140 Å². The second-order valence-corrected chi connectivity index (χ2v) is 16.6. The van der Waals surface area contributed by atoms with E-state index in [9.17, 15) is 0 Å². The molecule has 3 aromatic heterocycles. The van der Waals surface area contributed by atoms with E-state index in [2.05, 4.69) is 181 Å². The zero-order valence-corrected chi connectivity index (χ0v) is 33.0. The zero-order valence-electron chi connectivity index (χ0n) is 33.1.